The Morgan fingerprint density at radius 1 is 1.12 bits per heavy atom. The lowest BCUT2D eigenvalue weighted by atomic mass is 10.1. The molecule has 2 aromatic carbocycles. The summed E-state index contributed by atoms with van der Waals surface area (Å²) >= 11 is 0. The number of aromatic nitrogens is 2. The summed E-state index contributed by atoms with van der Waals surface area (Å²) in [5.41, 5.74) is 3.67. The van der Waals surface area contributed by atoms with Crippen LogP contribution in [0.1, 0.15) is 31.2 Å². The first-order chi connectivity index (χ1) is 15.5. The first-order valence-electron chi connectivity index (χ1n) is 11.4. The fraction of sp³-hybridized carbons (Fsp3) is 0.400. The van der Waals surface area contributed by atoms with Crippen molar-refractivity contribution in [3.63, 3.8) is 0 Å². The zero-order valence-corrected chi connectivity index (χ0v) is 18.9. The van der Waals surface area contributed by atoms with E-state index < -0.39 is 0 Å². The third-order valence-electron chi connectivity index (χ3n) is 6.15. The van der Waals surface area contributed by atoms with Crippen LogP contribution in [0.2, 0.25) is 0 Å². The van der Waals surface area contributed by atoms with Crippen molar-refractivity contribution in [1.29, 1.82) is 0 Å². The maximum atomic E-state index is 12.5. The molecule has 1 aliphatic rings. The first-order valence-corrected chi connectivity index (χ1v) is 11.4. The highest BCUT2D eigenvalue weighted by Gasteiger charge is 2.16. The van der Waals surface area contributed by atoms with E-state index in [1.807, 2.05) is 31.2 Å². The summed E-state index contributed by atoms with van der Waals surface area (Å²) < 4.78 is 0. The maximum absolute atomic E-state index is 12.5. The fourth-order valence-corrected chi connectivity index (χ4v) is 4.19. The van der Waals surface area contributed by atoms with Crippen molar-refractivity contribution in [1.82, 2.24) is 14.9 Å². The number of rotatable bonds is 7. The average molecular weight is 434 g/mol. The van der Waals surface area contributed by atoms with Crippen LogP contribution in [-0.2, 0) is 11.2 Å². The number of anilines is 2. The number of nitrogens with one attached hydrogen (secondary N) is 2. The average Bonchev–Trinajstić information content (AvgIpc) is 2.80. The third kappa shape index (κ3) is 5.16. The quantitative estimate of drug-likeness (QED) is 0.597. The van der Waals surface area contributed by atoms with Gasteiger partial charge in [-0.2, -0.15) is 0 Å². The monoisotopic (exact) mass is 433 g/mol. The van der Waals surface area contributed by atoms with E-state index in [1.54, 1.807) is 6.07 Å². The number of para-hydroxylation sites is 1. The molecule has 1 aliphatic heterocycles. The molecule has 1 fully saturated rings. The number of H-pyrrole nitrogens is 1. The van der Waals surface area contributed by atoms with Crippen LogP contribution < -0.4 is 15.8 Å². The summed E-state index contributed by atoms with van der Waals surface area (Å²) in [4.78, 5) is 36.8. The summed E-state index contributed by atoms with van der Waals surface area (Å²) in [5, 5.41) is 3.61. The number of hydrogen-bond acceptors (Lipinski definition) is 5. The van der Waals surface area contributed by atoms with Crippen LogP contribution in [0, 0.1) is 6.92 Å². The van der Waals surface area contributed by atoms with Crippen molar-refractivity contribution < 1.29 is 4.79 Å². The molecular formula is C25H31N5O2. The number of carbonyl (C=O) groups excluding carboxylic acids is 1. The van der Waals surface area contributed by atoms with Crippen LogP contribution in [0.3, 0.4) is 0 Å². The number of piperazine rings is 1. The minimum absolute atomic E-state index is 0.0273. The van der Waals surface area contributed by atoms with Gasteiger partial charge in [-0.1, -0.05) is 19.1 Å². The molecule has 0 radical (unpaired) electrons. The smallest absolute Gasteiger partial charge is 0.258 e. The number of amides is 1. The largest absolute Gasteiger partial charge is 0.369 e. The molecule has 1 aromatic heterocycles. The number of likely N-dealkylation sites (N-methyl/N-ethyl adjacent to an activating group) is 1. The summed E-state index contributed by atoms with van der Waals surface area (Å²) in [5.74, 6) is 0.589. The summed E-state index contributed by atoms with van der Waals surface area (Å²) in [7, 11) is 0. The van der Waals surface area contributed by atoms with Gasteiger partial charge in [-0.25, -0.2) is 4.98 Å². The second-order valence-electron chi connectivity index (χ2n) is 8.35. The highest BCUT2D eigenvalue weighted by atomic mass is 16.1. The van der Waals surface area contributed by atoms with Crippen LogP contribution >= 0.6 is 0 Å². The molecule has 0 aliphatic carbocycles. The highest BCUT2D eigenvalue weighted by Crippen LogP contribution is 2.24. The molecule has 0 unspecified atom stereocenters. The molecule has 2 N–H and O–H groups in total. The Hall–Kier alpha value is -3.19. The SMILES string of the molecule is CCN1CCN(c2ccc(NC(=O)CCCc3nc4ccccc4c(=O)[nH]3)c(C)c2)CC1. The normalized spacial score (nSPS) is 14.6. The molecule has 0 bridgehead atoms. The Kier molecular flexibility index (Phi) is 6.85. The molecule has 1 saturated heterocycles. The maximum Gasteiger partial charge on any atom is 0.258 e. The molecule has 0 saturated carbocycles. The van der Waals surface area contributed by atoms with Gasteiger partial charge in [-0.05, 0) is 55.8 Å². The van der Waals surface area contributed by atoms with Gasteiger partial charge in [0, 0.05) is 50.4 Å². The Labute approximate surface area is 188 Å². The van der Waals surface area contributed by atoms with Crippen molar-refractivity contribution >= 4 is 28.2 Å². The van der Waals surface area contributed by atoms with Crippen molar-refractivity contribution in [3.8, 4) is 0 Å². The second-order valence-corrected chi connectivity index (χ2v) is 8.35. The third-order valence-corrected chi connectivity index (χ3v) is 6.15. The lowest BCUT2D eigenvalue weighted by Crippen LogP contribution is -2.46. The molecule has 1 amide bonds. The van der Waals surface area contributed by atoms with E-state index in [1.165, 1.54) is 5.69 Å². The van der Waals surface area contributed by atoms with Gasteiger partial charge in [0.15, 0.2) is 0 Å². The number of fused-ring (bicyclic) bond motifs is 1. The van der Waals surface area contributed by atoms with Crippen LogP contribution in [0.4, 0.5) is 11.4 Å². The number of hydrogen-bond donors (Lipinski definition) is 2. The molecule has 7 nitrogen and oxygen atoms in total. The van der Waals surface area contributed by atoms with Crippen LogP contribution in [0.25, 0.3) is 10.9 Å². The van der Waals surface area contributed by atoms with E-state index in [2.05, 4.69) is 44.1 Å². The molecule has 168 valence electrons. The highest BCUT2D eigenvalue weighted by molar-refractivity contribution is 5.91. The van der Waals surface area contributed by atoms with Crippen molar-refractivity contribution in [2.24, 2.45) is 0 Å². The number of aryl methyl sites for hydroxylation is 2. The van der Waals surface area contributed by atoms with Crippen LogP contribution in [0.15, 0.2) is 47.3 Å². The van der Waals surface area contributed by atoms with E-state index in [0.29, 0.717) is 36.0 Å². The lowest BCUT2D eigenvalue weighted by Gasteiger charge is -2.35. The van der Waals surface area contributed by atoms with Gasteiger partial charge in [-0.3, -0.25) is 9.59 Å². The zero-order chi connectivity index (χ0) is 22.5. The van der Waals surface area contributed by atoms with Crippen molar-refractivity contribution in [2.75, 3.05) is 42.9 Å². The number of aromatic amines is 1. The predicted octanol–water partition coefficient (Wildman–Crippen LogP) is 3.33. The summed E-state index contributed by atoms with van der Waals surface area (Å²) in [6, 6.07) is 13.5. The summed E-state index contributed by atoms with van der Waals surface area (Å²) in [6.45, 7) is 9.58. The Morgan fingerprint density at radius 2 is 1.91 bits per heavy atom. The molecule has 32 heavy (non-hydrogen) atoms. The first kappa shape index (κ1) is 22.0. The Morgan fingerprint density at radius 3 is 2.66 bits per heavy atom. The standard InChI is InChI=1S/C25H31N5O2/c1-3-29-13-15-30(16-14-29)19-11-12-21(18(2)17-19)27-24(31)10-6-9-23-26-22-8-5-4-7-20(22)25(32)28-23/h4-5,7-8,11-12,17H,3,6,9-10,13-16H2,1-2H3,(H,27,31)(H,26,28,32). The molecular weight excluding hydrogens is 402 g/mol. The Balaban J connectivity index is 1.30. The zero-order valence-electron chi connectivity index (χ0n) is 18.9. The van der Waals surface area contributed by atoms with E-state index in [4.69, 9.17) is 0 Å². The van der Waals surface area contributed by atoms with Gasteiger partial charge < -0.3 is 20.1 Å². The Bertz CT molecular complexity index is 1150. The number of carbonyl (C=O) groups is 1. The number of nitrogens with zero attached hydrogens (tertiary/aromatic N) is 3. The van der Waals surface area contributed by atoms with E-state index in [9.17, 15) is 9.59 Å². The molecule has 2 heterocycles. The van der Waals surface area contributed by atoms with Gasteiger partial charge in [0.2, 0.25) is 5.91 Å². The lowest BCUT2D eigenvalue weighted by molar-refractivity contribution is -0.116. The van der Waals surface area contributed by atoms with Crippen LogP contribution in [-0.4, -0.2) is 53.5 Å². The minimum Gasteiger partial charge on any atom is -0.369 e. The second kappa shape index (κ2) is 9.96. The molecule has 0 spiro atoms. The molecule has 4 rings (SSSR count). The topological polar surface area (TPSA) is 81.3 Å². The van der Waals surface area contributed by atoms with Gasteiger partial charge in [0.1, 0.15) is 5.82 Å². The van der Waals surface area contributed by atoms with Crippen molar-refractivity contribution in [2.45, 2.75) is 33.1 Å². The number of benzene rings is 2. The molecule has 3 aromatic rings. The van der Waals surface area contributed by atoms with E-state index >= 15 is 0 Å². The molecule has 0 atom stereocenters. The minimum atomic E-state index is -0.137. The fourth-order valence-electron chi connectivity index (χ4n) is 4.19. The van der Waals surface area contributed by atoms with Gasteiger partial charge in [-0.15, -0.1) is 0 Å². The summed E-state index contributed by atoms with van der Waals surface area (Å²) in [6.07, 6.45) is 1.54. The van der Waals surface area contributed by atoms with Gasteiger partial charge in [0.05, 0.1) is 10.9 Å². The van der Waals surface area contributed by atoms with Gasteiger partial charge >= 0.3 is 0 Å². The predicted molar refractivity (Wildman–Crippen MR) is 129 cm³/mol. The van der Waals surface area contributed by atoms with Crippen LogP contribution in [0.5, 0.6) is 0 Å². The van der Waals surface area contributed by atoms with E-state index in [-0.39, 0.29) is 11.5 Å². The van der Waals surface area contributed by atoms with E-state index in [0.717, 1.165) is 44.0 Å². The van der Waals surface area contributed by atoms with Gasteiger partial charge in [0.25, 0.3) is 5.56 Å². The van der Waals surface area contributed by atoms with Crippen molar-refractivity contribution in [3.05, 3.63) is 64.2 Å². The molecule has 7 heteroatoms.